The minimum absolute atomic E-state index is 0.264. The first-order chi connectivity index (χ1) is 9.51. The van der Waals surface area contributed by atoms with E-state index in [0.29, 0.717) is 12.5 Å². The minimum Gasteiger partial charge on any atom is -0.332 e. The number of carbonyl (C=O) groups is 1. The van der Waals surface area contributed by atoms with Crippen molar-refractivity contribution in [3.05, 3.63) is 28.8 Å². The van der Waals surface area contributed by atoms with E-state index in [-0.39, 0.29) is 6.03 Å². The Labute approximate surface area is 122 Å². The zero-order chi connectivity index (χ0) is 14.7. The topological polar surface area (TPSA) is 54.5 Å². The lowest BCUT2D eigenvalue weighted by molar-refractivity contribution is -0.0648. The number of rotatable bonds is 4. The van der Waals surface area contributed by atoms with E-state index in [1.807, 2.05) is 12.1 Å². The molecule has 0 aliphatic rings. The van der Waals surface area contributed by atoms with Crippen LogP contribution < -0.4 is 5.32 Å². The van der Waals surface area contributed by atoms with Crippen molar-refractivity contribution >= 4 is 27.6 Å². The van der Waals surface area contributed by atoms with Crippen molar-refractivity contribution in [2.75, 3.05) is 14.2 Å². The van der Waals surface area contributed by atoms with E-state index in [1.165, 1.54) is 7.11 Å². The molecule has 0 saturated carbocycles. The number of thiazole rings is 1. The van der Waals surface area contributed by atoms with Gasteiger partial charge in [-0.25, -0.2) is 14.8 Å². The summed E-state index contributed by atoms with van der Waals surface area (Å²) in [6.07, 6.45) is 0. The van der Waals surface area contributed by atoms with Crippen LogP contribution in [0.1, 0.15) is 30.3 Å². The second-order valence-electron chi connectivity index (χ2n) is 4.85. The highest BCUT2D eigenvalue weighted by atomic mass is 32.1. The number of fused-ring (bicyclic) bond motifs is 1. The third-order valence-corrected chi connectivity index (χ3v) is 4.29. The Morgan fingerprint density at radius 2 is 2.25 bits per heavy atom. The molecule has 0 spiro atoms. The van der Waals surface area contributed by atoms with Gasteiger partial charge >= 0.3 is 6.03 Å². The molecule has 2 aromatic rings. The number of amides is 2. The number of nitrogens with zero attached hydrogens (tertiary/aromatic N) is 2. The van der Waals surface area contributed by atoms with E-state index >= 15 is 0 Å². The maximum absolute atomic E-state index is 11.6. The third-order valence-electron chi connectivity index (χ3n) is 2.97. The summed E-state index contributed by atoms with van der Waals surface area (Å²) in [6, 6.07) is 5.80. The first kappa shape index (κ1) is 14.7. The Balaban J connectivity index is 2.10. The van der Waals surface area contributed by atoms with Crippen LogP contribution in [0.4, 0.5) is 4.79 Å². The minimum atomic E-state index is -0.264. The fourth-order valence-electron chi connectivity index (χ4n) is 1.72. The molecule has 0 radical (unpaired) electrons. The van der Waals surface area contributed by atoms with Gasteiger partial charge in [-0.3, -0.25) is 4.84 Å². The summed E-state index contributed by atoms with van der Waals surface area (Å²) in [6.45, 7) is 4.75. The predicted molar refractivity (Wildman–Crippen MR) is 80.7 cm³/mol. The van der Waals surface area contributed by atoms with Crippen molar-refractivity contribution in [2.45, 2.75) is 26.3 Å². The van der Waals surface area contributed by atoms with Gasteiger partial charge in [-0.15, -0.1) is 11.3 Å². The molecular weight excluding hydrogens is 274 g/mol. The number of urea groups is 1. The number of hydrogen-bond donors (Lipinski definition) is 1. The number of hydrogen-bond acceptors (Lipinski definition) is 4. The fraction of sp³-hybridized carbons (Fsp3) is 0.429. The molecule has 0 aliphatic carbocycles. The Kier molecular flexibility index (Phi) is 4.57. The number of carbonyl (C=O) groups excluding carboxylic acids is 1. The smallest absolute Gasteiger partial charge is 0.332 e. The second kappa shape index (κ2) is 6.19. The Morgan fingerprint density at radius 3 is 2.90 bits per heavy atom. The zero-order valence-corrected chi connectivity index (χ0v) is 13.0. The van der Waals surface area contributed by atoms with Gasteiger partial charge in [-0.2, -0.15) is 0 Å². The van der Waals surface area contributed by atoms with Crippen LogP contribution in [0.2, 0.25) is 0 Å². The van der Waals surface area contributed by atoms with E-state index in [0.717, 1.165) is 25.9 Å². The summed E-state index contributed by atoms with van der Waals surface area (Å²) in [5, 5.41) is 5.08. The quantitative estimate of drug-likeness (QED) is 0.881. The van der Waals surface area contributed by atoms with E-state index in [2.05, 4.69) is 30.2 Å². The molecule has 1 heterocycles. The van der Waals surface area contributed by atoms with Crippen LogP contribution >= 0.6 is 11.3 Å². The average molecular weight is 293 g/mol. The van der Waals surface area contributed by atoms with E-state index in [9.17, 15) is 4.79 Å². The maximum atomic E-state index is 11.6. The first-order valence-corrected chi connectivity index (χ1v) is 7.28. The molecule has 1 aromatic heterocycles. The Hall–Kier alpha value is -1.66. The SMILES string of the molecule is CON(C)C(=O)NCc1ccc2nc(C(C)C)sc2c1. The lowest BCUT2D eigenvalue weighted by atomic mass is 10.2. The molecular formula is C14H19N3O2S. The summed E-state index contributed by atoms with van der Waals surface area (Å²) in [5.41, 5.74) is 2.07. The third kappa shape index (κ3) is 3.26. The number of nitrogens with one attached hydrogen (secondary N) is 1. The molecule has 1 aromatic carbocycles. The lowest BCUT2D eigenvalue weighted by Gasteiger charge is -2.14. The van der Waals surface area contributed by atoms with Crippen LogP contribution in [-0.2, 0) is 11.4 Å². The summed E-state index contributed by atoms with van der Waals surface area (Å²) in [4.78, 5) is 21.0. The predicted octanol–water partition coefficient (Wildman–Crippen LogP) is 3.12. The van der Waals surface area contributed by atoms with Gasteiger partial charge in [-0.05, 0) is 17.7 Å². The molecule has 0 aliphatic heterocycles. The van der Waals surface area contributed by atoms with Gasteiger partial charge in [0.05, 0.1) is 22.3 Å². The van der Waals surface area contributed by atoms with Crippen molar-refractivity contribution in [3.8, 4) is 0 Å². The first-order valence-electron chi connectivity index (χ1n) is 6.46. The van der Waals surface area contributed by atoms with Crippen molar-refractivity contribution in [2.24, 2.45) is 0 Å². The zero-order valence-electron chi connectivity index (χ0n) is 12.1. The van der Waals surface area contributed by atoms with Crippen molar-refractivity contribution in [3.63, 3.8) is 0 Å². The lowest BCUT2D eigenvalue weighted by Crippen LogP contribution is -2.35. The molecule has 2 amide bonds. The summed E-state index contributed by atoms with van der Waals surface area (Å²) in [5.74, 6) is 0.436. The molecule has 2 rings (SSSR count). The molecule has 0 atom stereocenters. The summed E-state index contributed by atoms with van der Waals surface area (Å²) in [7, 11) is 3.02. The van der Waals surface area contributed by atoms with Crippen LogP contribution in [0, 0.1) is 0 Å². The number of benzene rings is 1. The Morgan fingerprint density at radius 1 is 1.50 bits per heavy atom. The normalized spacial score (nSPS) is 11.1. The van der Waals surface area contributed by atoms with E-state index in [4.69, 9.17) is 4.84 Å². The maximum Gasteiger partial charge on any atom is 0.341 e. The summed E-state index contributed by atoms with van der Waals surface area (Å²) < 4.78 is 1.15. The van der Waals surface area contributed by atoms with Gasteiger partial charge in [-0.1, -0.05) is 19.9 Å². The monoisotopic (exact) mass is 293 g/mol. The Bertz CT molecular complexity index is 609. The number of hydroxylamine groups is 2. The molecule has 0 saturated heterocycles. The highest BCUT2D eigenvalue weighted by Gasteiger charge is 2.09. The van der Waals surface area contributed by atoms with Gasteiger partial charge in [0.25, 0.3) is 0 Å². The highest BCUT2D eigenvalue weighted by Crippen LogP contribution is 2.27. The average Bonchev–Trinajstić information content (AvgIpc) is 2.87. The molecule has 6 heteroatoms. The number of aromatic nitrogens is 1. The van der Waals surface area contributed by atoms with Gasteiger partial charge in [0.2, 0.25) is 0 Å². The van der Waals surface area contributed by atoms with Crippen molar-refractivity contribution in [1.29, 1.82) is 0 Å². The van der Waals surface area contributed by atoms with Crippen LogP contribution in [0.5, 0.6) is 0 Å². The van der Waals surface area contributed by atoms with Crippen LogP contribution in [-0.4, -0.2) is 30.2 Å². The fourth-order valence-corrected chi connectivity index (χ4v) is 2.75. The molecule has 0 bridgehead atoms. The van der Waals surface area contributed by atoms with Crippen LogP contribution in [0.15, 0.2) is 18.2 Å². The van der Waals surface area contributed by atoms with Gasteiger partial charge in [0, 0.05) is 19.5 Å². The molecule has 1 N–H and O–H groups in total. The second-order valence-corrected chi connectivity index (χ2v) is 5.91. The van der Waals surface area contributed by atoms with E-state index in [1.54, 1.807) is 18.4 Å². The molecule has 0 unspecified atom stereocenters. The van der Waals surface area contributed by atoms with Gasteiger partial charge in [0.15, 0.2) is 0 Å². The standard InChI is InChI=1S/C14H19N3O2S/c1-9(2)13-16-11-6-5-10(7-12(11)20-13)8-15-14(18)17(3)19-4/h5-7,9H,8H2,1-4H3,(H,15,18). The van der Waals surface area contributed by atoms with Gasteiger partial charge < -0.3 is 5.32 Å². The molecule has 108 valence electrons. The van der Waals surface area contributed by atoms with Crippen molar-refractivity contribution < 1.29 is 9.63 Å². The van der Waals surface area contributed by atoms with Crippen LogP contribution in [0.3, 0.4) is 0 Å². The largest absolute Gasteiger partial charge is 0.341 e. The molecule has 0 fully saturated rings. The molecule has 20 heavy (non-hydrogen) atoms. The van der Waals surface area contributed by atoms with Gasteiger partial charge in [0.1, 0.15) is 0 Å². The summed E-state index contributed by atoms with van der Waals surface area (Å²) >= 11 is 1.71. The van der Waals surface area contributed by atoms with Crippen LogP contribution in [0.25, 0.3) is 10.2 Å². The van der Waals surface area contributed by atoms with E-state index < -0.39 is 0 Å². The van der Waals surface area contributed by atoms with Crippen molar-refractivity contribution in [1.82, 2.24) is 15.4 Å². The molecule has 5 nitrogen and oxygen atoms in total. The highest BCUT2D eigenvalue weighted by molar-refractivity contribution is 7.18.